The number of esters is 1. The lowest BCUT2D eigenvalue weighted by Crippen LogP contribution is -2.59. The van der Waals surface area contributed by atoms with Gasteiger partial charge >= 0.3 is 5.97 Å². The van der Waals surface area contributed by atoms with Crippen molar-refractivity contribution in [1.82, 2.24) is 10.3 Å². The lowest BCUT2D eigenvalue weighted by Gasteiger charge is -2.42. The molecule has 1 aliphatic rings. The smallest absolute Gasteiger partial charge is 0.331 e. The summed E-state index contributed by atoms with van der Waals surface area (Å²) in [5.74, 6) is -0.374. The van der Waals surface area contributed by atoms with E-state index in [0.29, 0.717) is 13.1 Å². The molecule has 1 saturated heterocycles. The molecule has 2 rings (SSSR count). The van der Waals surface area contributed by atoms with E-state index in [0.717, 1.165) is 10.0 Å². The zero-order valence-electron chi connectivity index (χ0n) is 9.40. The van der Waals surface area contributed by atoms with Gasteiger partial charge in [0.2, 0.25) is 0 Å². The molecule has 0 radical (unpaired) electrons. The lowest BCUT2D eigenvalue weighted by molar-refractivity contribution is -0.158. The Balaban J connectivity index is 2.15. The number of carbonyl (C=O) groups excluding carboxylic acids is 1. The van der Waals surface area contributed by atoms with Crippen LogP contribution >= 0.6 is 15.9 Å². The largest absolute Gasteiger partial charge is 0.467 e. The van der Waals surface area contributed by atoms with E-state index in [1.54, 1.807) is 12.4 Å². The predicted molar refractivity (Wildman–Crippen MR) is 64.5 cm³/mol. The monoisotopic (exact) mass is 300 g/mol. The Bertz CT molecular complexity index is 421. The van der Waals surface area contributed by atoms with Crippen molar-refractivity contribution in [2.75, 3.05) is 26.8 Å². The summed E-state index contributed by atoms with van der Waals surface area (Å²) < 4.78 is 11.1. The molecule has 17 heavy (non-hydrogen) atoms. The van der Waals surface area contributed by atoms with Crippen LogP contribution in [-0.4, -0.2) is 37.8 Å². The fraction of sp³-hybridized carbons (Fsp3) is 0.455. The number of aromatic nitrogens is 1. The second-order valence-corrected chi connectivity index (χ2v) is 4.67. The van der Waals surface area contributed by atoms with Crippen molar-refractivity contribution < 1.29 is 14.3 Å². The number of pyridine rings is 1. The summed E-state index contributed by atoms with van der Waals surface area (Å²) in [4.78, 5) is 15.1. The molecule has 1 fully saturated rings. The quantitative estimate of drug-likeness (QED) is 0.835. The summed E-state index contributed by atoms with van der Waals surface area (Å²) >= 11 is 3.44. The van der Waals surface area contributed by atoms with Gasteiger partial charge in [-0.15, -0.1) is 0 Å². The minimum absolute atomic E-state index is 0.0487. The molecule has 1 aliphatic heterocycles. The molecule has 6 heteroatoms. The average molecular weight is 301 g/mol. The first kappa shape index (κ1) is 12.5. The molecule has 0 saturated carbocycles. The van der Waals surface area contributed by atoms with E-state index >= 15 is 0 Å². The summed E-state index contributed by atoms with van der Waals surface area (Å²) in [5.41, 5.74) is 0.533. The molecule has 1 aromatic rings. The summed E-state index contributed by atoms with van der Waals surface area (Å²) in [6.07, 6.45) is 3.43. The van der Waals surface area contributed by atoms with Crippen LogP contribution < -0.4 is 5.32 Å². The van der Waals surface area contributed by atoms with Crippen molar-refractivity contribution in [3.05, 3.63) is 28.5 Å². The van der Waals surface area contributed by atoms with Gasteiger partial charge in [-0.1, -0.05) is 0 Å². The highest BCUT2D eigenvalue weighted by atomic mass is 79.9. The highest BCUT2D eigenvalue weighted by Crippen LogP contribution is 2.34. The third kappa shape index (κ3) is 2.48. The van der Waals surface area contributed by atoms with E-state index in [1.807, 2.05) is 6.07 Å². The molecule has 5 nitrogen and oxygen atoms in total. The Morgan fingerprint density at radius 3 is 2.94 bits per heavy atom. The number of nitrogens with one attached hydrogen (secondary N) is 1. The zero-order chi connectivity index (χ0) is 12.3. The lowest BCUT2D eigenvalue weighted by atomic mass is 9.88. The fourth-order valence-corrected chi connectivity index (χ4v) is 2.33. The molecule has 0 amide bonds. The number of halogens is 1. The molecule has 1 N–H and O–H groups in total. The Labute approximate surface area is 108 Å². The third-order valence-corrected chi connectivity index (χ3v) is 3.41. The van der Waals surface area contributed by atoms with E-state index in [1.165, 1.54) is 7.11 Å². The SMILES string of the molecule is COC(=O)COC1(c2ccncc2Br)CNC1. The van der Waals surface area contributed by atoms with Crippen LogP contribution in [0.4, 0.5) is 0 Å². The summed E-state index contributed by atoms with van der Waals surface area (Å²) in [6, 6.07) is 1.89. The van der Waals surface area contributed by atoms with Gasteiger partial charge in [-0.3, -0.25) is 4.98 Å². The van der Waals surface area contributed by atoms with Gasteiger partial charge in [-0.2, -0.15) is 0 Å². The standard InChI is InChI=1S/C11H13BrN2O3/c1-16-10(15)5-17-11(6-14-7-11)8-2-3-13-4-9(8)12/h2-4,14H,5-7H2,1H3. The van der Waals surface area contributed by atoms with E-state index < -0.39 is 5.60 Å². The fourth-order valence-electron chi connectivity index (χ4n) is 1.72. The highest BCUT2D eigenvalue weighted by Gasteiger charge is 2.41. The highest BCUT2D eigenvalue weighted by molar-refractivity contribution is 9.10. The molecule has 0 spiro atoms. The number of rotatable bonds is 4. The maximum Gasteiger partial charge on any atom is 0.331 e. The molecule has 2 heterocycles. The Morgan fingerprint density at radius 2 is 2.41 bits per heavy atom. The molecular weight excluding hydrogens is 288 g/mol. The van der Waals surface area contributed by atoms with Crippen LogP contribution in [0.3, 0.4) is 0 Å². The predicted octanol–water partition coefficient (Wildman–Crippen LogP) is 0.832. The van der Waals surface area contributed by atoms with Gasteiger partial charge in [-0.25, -0.2) is 4.79 Å². The minimum atomic E-state index is -0.462. The number of methoxy groups -OCH3 is 1. The molecule has 1 aromatic heterocycles. The van der Waals surface area contributed by atoms with E-state index in [2.05, 4.69) is 31.0 Å². The van der Waals surface area contributed by atoms with Crippen molar-refractivity contribution >= 4 is 21.9 Å². The van der Waals surface area contributed by atoms with Crippen LogP contribution in [0.2, 0.25) is 0 Å². The van der Waals surface area contributed by atoms with Crippen molar-refractivity contribution in [3.8, 4) is 0 Å². The Morgan fingerprint density at radius 1 is 1.65 bits per heavy atom. The van der Waals surface area contributed by atoms with Crippen LogP contribution in [0.1, 0.15) is 5.56 Å². The van der Waals surface area contributed by atoms with Gasteiger partial charge in [0.1, 0.15) is 12.2 Å². The van der Waals surface area contributed by atoms with Crippen molar-refractivity contribution in [3.63, 3.8) is 0 Å². The van der Waals surface area contributed by atoms with Crippen LogP contribution in [-0.2, 0) is 19.9 Å². The maximum atomic E-state index is 11.1. The van der Waals surface area contributed by atoms with Gasteiger partial charge in [-0.05, 0) is 22.0 Å². The number of hydrogen-bond acceptors (Lipinski definition) is 5. The summed E-state index contributed by atoms with van der Waals surface area (Å²) in [5, 5.41) is 3.15. The van der Waals surface area contributed by atoms with Crippen LogP contribution in [0, 0.1) is 0 Å². The van der Waals surface area contributed by atoms with Gasteiger partial charge in [0.15, 0.2) is 0 Å². The topological polar surface area (TPSA) is 60.5 Å². The zero-order valence-corrected chi connectivity index (χ0v) is 11.0. The normalized spacial score (nSPS) is 17.3. The molecule has 0 atom stereocenters. The second-order valence-electron chi connectivity index (χ2n) is 3.82. The molecule has 92 valence electrons. The number of ether oxygens (including phenoxy) is 2. The average Bonchev–Trinajstić information content (AvgIpc) is 2.29. The van der Waals surface area contributed by atoms with Gasteiger partial charge in [0, 0.05) is 35.5 Å². The number of carbonyl (C=O) groups is 1. The minimum Gasteiger partial charge on any atom is -0.467 e. The molecular formula is C11H13BrN2O3. The first-order valence-corrected chi connectivity index (χ1v) is 5.99. The van der Waals surface area contributed by atoms with Gasteiger partial charge < -0.3 is 14.8 Å². The Kier molecular flexibility index (Phi) is 3.76. The molecule has 0 unspecified atom stereocenters. The number of hydrogen-bond donors (Lipinski definition) is 1. The molecule has 0 aliphatic carbocycles. The Hall–Kier alpha value is -0.980. The van der Waals surface area contributed by atoms with Crippen LogP contribution in [0.25, 0.3) is 0 Å². The van der Waals surface area contributed by atoms with Crippen molar-refractivity contribution in [2.24, 2.45) is 0 Å². The summed E-state index contributed by atoms with van der Waals surface area (Å²) in [6.45, 7) is 1.30. The third-order valence-electron chi connectivity index (χ3n) is 2.78. The van der Waals surface area contributed by atoms with Crippen molar-refractivity contribution in [1.29, 1.82) is 0 Å². The van der Waals surface area contributed by atoms with Crippen molar-refractivity contribution in [2.45, 2.75) is 5.60 Å². The van der Waals surface area contributed by atoms with Crippen LogP contribution in [0.5, 0.6) is 0 Å². The van der Waals surface area contributed by atoms with E-state index in [-0.39, 0.29) is 12.6 Å². The van der Waals surface area contributed by atoms with E-state index in [9.17, 15) is 4.79 Å². The second kappa shape index (κ2) is 5.12. The van der Waals surface area contributed by atoms with Gasteiger partial charge in [0.05, 0.1) is 7.11 Å². The number of nitrogens with zero attached hydrogens (tertiary/aromatic N) is 1. The van der Waals surface area contributed by atoms with E-state index in [4.69, 9.17) is 4.74 Å². The molecule has 0 bridgehead atoms. The maximum absolute atomic E-state index is 11.1. The first-order chi connectivity index (χ1) is 8.18. The summed E-state index contributed by atoms with van der Waals surface area (Å²) in [7, 11) is 1.35. The first-order valence-electron chi connectivity index (χ1n) is 5.19. The molecule has 0 aromatic carbocycles. The van der Waals surface area contributed by atoms with Crippen LogP contribution in [0.15, 0.2) is 22.9 Å². The van der Waals surface area contributed by atoms with Gasteiger partial charge in [0.25, 0.3) is 0 Å².